The first kappa shape index (κ1) is 19.6. The molecule has 1 aliphatic heterocycles. The smallest absolute Gasteiger partial charge is 0.387 e. The fourth-order valence-electron chi connectivity index (χ4n) is 3.73. The summed E-state index contributed by atoms with van der Waals surface area (Å²) in [6.07, 6.45) is 0.563. The predicted octanol–water partition coefficient (Wildman–Crippen LogP) is 3.88. The fourth-order valence-corrected chi connectivity index (χ4v) is 3.73. The van der Waals surface area contributed by atoms with E-state index in [-0.39, 0.29) is 17.9 Å². The van der Waals surface area contributed by atoms with E-state index >= 15 is 0 Å². The topological polar surface area (TPSA) is 97.7 Å². The van der Waals surface area contributed by atoms with Crippen LogP contribution >= 0.6 is 0 Å². The molecule has 0 saturated heterocycles. The lowest BCUT2D eigenvalue weighted by atomic mass is 10.0. The molecule has 2 heterocycles. The van der Waals surface area contributed by atoms with Gasteiger partial charge in [-0.2, -0.15) is 8.78 Å². The lowest BCUT2D eigenvalue weighted by Crippen LogP contribution is -2.36. The van der Waals surface area contributed by atoms with Crippen molar-refractivity contribution in [3.05, 3.63) is 63.3 Å². The molecule has 10 heteroatoms. The van der Waals surface area contributed by atoms with Gasteiger partial charge in [0.25, 0.3) is 11.6 Å². The second-order valence-corrected chi connectivity index (χ2v) is 6.76. The number of benzene rings is 2. The number of carbonyl (C=O) groups is 1. The molecule has 2 aromatic carbocycles. The highest BCUT2D eigenvalue weighted by molar-refractivity contribution is 5.99. The Bertz CT molecular complexity index is 1140. The second-order valence-electron chi connectivity index (χ2n) is 6.76. The predicted molar refractivity (Wildman–Crippen MR) is 103 cm³/mol. The third-order valence-electron chi connectivity index (χ3n) is 5.10. The van der Waals surface area contributed by atoms with Crippen LogP contribution in [0.25, 0.3) is 10.9 Å². The van der Waals surface area contributed by atoms with E-state index in [1.807, 2.05) is 24.3 Å². The highest BCUT2D eigenvalue weighted by Crippen LogP contribution is 2.37. The summed E-state index contributed by atoms with van der Waals surface area (Å²) in [5.41, 5.74) is 2.06. The number of hydrogen-bond acceptors (Lipinski definition) is 5. The normalized spacial score (nSPS) is 13.4. The summed E-state index contributed by atoms with van der Waals surface area (Å²) in [5, 5.41) is 12.5. The second kappa shape index (κ2) is 7.62. The molecule has 4 rings (SSSR count). The molecule has 0 saturated carbocycles. The van der Waals surface area contributed by atoms with Gasteiger partial charge in [0.2, 0.25) is 0 Å². The van der Waals surface area contributed by atoms with Crippen molar-refractivity contribution in [2.24, 2.45) is 0 Å². The molecule has 3 aromatic rings. The van der Waals surface area contributed by atoms with Crippen molar-refractivity contribution in [3.63, 3.8) is 0 Å². The highest BCUT2D eigenvalue weighted by Gasteiger charge is 2.31. The summed E-state index contributed by atoms with van der Waals surface area (Å²) < 4.78 is 34.6. The third-order valence-corrected chi connectivity index (χ3v) is 5.10. The number of nitro groups is 1. The molecule has 1 aliphatic rings. The average Bonchev–Trinajstić information content (AvgIpc) is 3.10. The van der Waals surface area contributed by atoms with Crippen LogP contribution in [0, 0.1) is 10.1 Å². The Balaban J connectivity index is 1.71. The molecular formula is C20H17F2N3O5. The summed E-state index contributed by atoms with van der Waals surface area (Å²) in [6.45, 7) is -2.57. The average molecular weight is 417 g/mol. The molecule has 156 valence electrons. The van der Waals surface area contributed by atoms with Crippen LogP contribution in [-0.2, 0) is 13.0 Å². The van der Waals surface area contributed by atoms with E-state index in [2.05, 4.69) is 9.72 Å². The molecular weight excluding hydrogens is 400 g/mol. The van der Waals surface area contributed by atoms with Crippen molar-refractivity contribution in [2.45, 2.75) is 19.6 Å². The van der Waals surface area contributed by atoms with Crippen molar-refractivity contribution in [2.75, 3.05) is 13.7 Å². The van der Waals surface area contributed by atoms with Gasteiger partial charge in [0.1, 0.15) is 5.56 Å². The number of nitrogens with one attached hydrogen (secondary N) is 1. The number of amides is 1. The SMILES string of the molecule is COc1cc(C(=O)N2CCc3[nH]c4ccccc4c3C2)c([N+](=O)[O-])cc1OC(F)F. The minimum atomic E-state index is -3.19. The number of nitrogens with zero attached hydrogens (tertiary/aromatic N) is 2. The maximum absolute atomic E-state index is 13.2. The number of rotatable bonds is 5. The molecule has 0 aliphatic carbocycles. The van der Waals surface area contributed by atoms with Crippen LogP contribution in [0.5, 0.6) is 11.5 Å². The van der Waals surface area contributed by atoms with Gasteiger partial charge in [0.15, 0.2) is 11.5 Å². The molecule has 0 spiro atoms. The van der Waals surface area contributed by atoms with E-state index < -0.39 is 28.9 Å². The number of hydrogen-bond donors (Lipinski definition) is 1. The molecule has 1 amide bonds. The zero-order valence-electron chi connectivity index (χ0n) is 15.9. The van der Waals surface area contributed by atoms with E-state index in [1.165, 1.54) is 12.0 Å². The number of nitro benzene ring substituents is 1. The summed E-state index contributed by atoms with van der Waals surface area (Å²) in [7, 11) is 1.20. The van der Waals surface area contributed by atoms with Gasteiger partial charge in [0, 0.05) is 47.7 Å². The molecule has 0 bridgehead atoms. The van der Waals surface area contributed by atoms with Gasteiger partial charge in [0.05, 0.1) is 18.1 Å². The Kier molecular flexibility index (Phi) is 4.98. The molecule has 0 atom stereocenters. The van der Waals surface area contributed by atoms with Gasteiger partial charge in [-0.25, -0.2) is 0 Å². The van der Waals surface area contributed by atoms with Gasteiger partial charge in [-0.3, -0.25) is 14.9 Å². The number of halogens is 2. The van der Waals surface area contributed by atoms with E-state index in [0.29, 0.717) is 13.0 Å². The molecule has 0 unspecified atom stereocenters. The monoisotopic (exact) mass is 417 g/mol. The van der Waals surface area contributed by atoms with E-state index in [1.54, 1.807) is 0 Å². The Labute approximate surface area is 169 Å². The Morgan fingerprint density at radius 3 is 2.73 bits per heavy atom. The minimum absolute atomic E-state index is 0.186. The van der Waals surface area contributed by atoms with Gasteiger partial charge in [-0.1, -0.05) is 18.2 Å². The molecule has 8 nitrogen and oxygen atoms in total. The first-order valence-electron chi connectivity index (χ1n) is 9.08. The summed E-state index contributed by atoms with van der Waals surface area (Å²) in [5.74, 6) is -1.28. The first-order chi connectivity index (χ1) is 14.4. The number of methoxy groups -OCH3 is 1. The zero-order valence-corrected chi connectivity index (χ0v) is 15.9. The standard InChI is InChI=1S/C20H17F2N3O5/c1-29-17-8-12(16(25(27)28)9-18(17)30-20(21)22)19(26)24-7-6-15-13(10-24)11-4-2-3-5-14(11)23-15/h2-5,8-9,20,23H,6-7,10H2,1H3. The minimum Gasteiger partial charge on any atom is -0.493 e. The summed E-state index contributed by atoms with van der Waals surface area (Å²) in [4.78, 5) is 28.7. The summed E-state index contributed by atoms with van der Waals surface area (Å²) >= 11 is 0. The van der Waals surface area contributed by atoms with Crippen molar-refractivity contribution in [1.29, 1.82) is 0 Å². The van der Waals surface area contributed by atoms with Crippen LogP contribution in [0.3, 0.4) is 0 Å². The maximum Gasteiger partial charge on any atom is 0.387 e. The van der Waals surface area contributed by atoms with Crippen molar-refractivity contribution in [1.82, 2.24) is 9.88 Å². The van der Waals surface area contributed by atoms with Crippen LogP contribution in [0.15, 0.2) is 36.4 Å². The van der Waals surface area contributed by atoms with Crippen molar-refractivity contribution in [3.8, 4) is 11.5 Å². The van der Waals surface area contributed by atoms with E-state index in [9.17, 15) is 23.7 Å². The fraction of sp³-hybridized carbons (Fsp3) is 0.250. The molecule has 30 heavy (non-hydrogen) atoms. The number of para-hydroxylation sites is 1. The lowest BCUT2D eigenvalue weighted by molar-refractivity contribution is -0.385. The van der Waals surface area contributed by atoms with Crippen LogP contribution in [0.2, 0.25) is 0 Å². The van der Waals surface area contributed by atoms with Gasteiger partial charge >= 0.3 is 6.61 Å². The number of fused-ring (bicyclic) bond motifs is 3. The number of ether oxygens (including phenoxy) is 2. The van der Waals surface area contributed by atoms with Crippen LogP contribution in [0.4, 0.5) is 14.5 Å². The molecule has 0 fully saturated rings. The number of alkyl halides is 2. The van der Waals surface area contributed by atoms with Crippen LogP contribution in [-0.4, -0.2) is 41.0 Å². The Morgan fingerprint density at radius 1 is 1.27 bits per heavy atom. The number of aromatic nitrogens is 1. The van der Waals surface area contributed by atoms with Crippen molar-refractivity contribution >= 4 is 22.5 Å². The third kappa shape index (κ3) is 3.40. The quantitative estimate of drug-likeness (QED) is 0.502. The largest absolute Gasteiger partial charge is 0.493 e. The van der Waals surface area contributed by atoms with Crippen LogP contribution < -0.4 is 9.47 Å². The Hall–Kier alpha value is -3.69. The summed E-state index contributed by atoms with van der Waals surface area (Å²) in [6, 6.07) is 9.56. The Morgan fingerprint density at radius 2 is 2.03 bits per heavy atom. The number of aromatic amines is 1. The van der Waals surface area contributed by atoms with Gasteiger partial charge in [-0.15, -0.1) is 0 Å². The molecule has 1 aromatic heterocycles. The zero-order chi connectivity index (χ0) is 21.4. The van der Waals surface area contributed by atoms with Crippen LogP contribution in [0.1, 0.15) is 21.6 Å². The number of H-pyrrole nitrogens is 1. The van der Waals surface area contributed by atoms with Crippen molar-refractivity contribution < 1.29 is 28.0 Å². The van der Waals surface area contributed by atoms with Gasteiger partial charge in [-0.05, 0) is 6.07 Å². The molecule has 0 radical (unpaired) electrons. The maximum atomic E-state index is 13.2. The lowest BCUT2D eigenvalue weighted by Gasteiger charge is -2.27. The first-order valence-corrected chi connectivity index (χ1v) is 9.08. The number of carbonyl (C=O) groups excluding carboxylic acids is 1. The van der Waals surface area contributed by atoms with E-state index in [0.717, 1.165) is 34.3 Å². The molecule has 1 N–H and O–H groups in total. The van der Waals surface area contributed by atoms with E-state index in [4.69, 9.17) is 4.74 Å². The highest BCUT2D eigenvalue weighted by atomic mass is 19.3. The van der Waals surface area contributed by atoms with Gasteiger partial charge < -0.3 is 19.4 Å².